The summed E-state index contributed by atoms with van der Waals surface area (Å²) >= 11 is 3.71. The zero-order chi connectivity index (χ0) is 11.1. The topological polar surface area (TPSA) is 33.0 Å². The molecule has 1 aliphatic heterocycles. The number of thioether (sulfide) groups is 1. The van der Waals surface area contributed by atoms with Crippen LogP contribution in [-0.4, -0.2) is 11.7 Å². The number of hydrogen-bond acceptors (Lipinski definition) is 3. The second kappa shape index (κ2) is 3.75. The number of aromatic nitrogens is 1. The summed E-state index contributed by atoms with van der Waals surface area (Å²) in [7, 11) is 0. The van der Waals surface area contributed by atoms with Gasteiger partial charge in [-0.2, -0.15) is 4.57 Å². The van der Waals surface area contributed by atoms with Gasteiger partial charge >= 0.3 is 0 Å². The number of hydrogen-bond donors (Lipinski definition) is 1. The number of nitrogens with one attached hydrogen (secondary N) is 1. The third kappa shape index (κ3) is 1.60. The van der Waals surface area contributed by atoms with Crippen molar-refractivity contribution >= 4 is 44.9 Å². The van der Waals surface area contributed by atoms with Crippen LogP contribution in [0.2, 0.25) is 0 Å². The quantitative estimate of drug-likeness (QED) is 0.789. The van der Waals surface area contributed by atoms with Crippen molar-refractivity contribution in [2.24, 2.45) is 0 Å². The molecule has 1 aromatic heterocycles. The van der Waals surface area contributed by atoms with Gasteiger partial charge in [0.05, 0.1) is 5.75 Å². The first kappa shape index (κ1) is 10.1. The van der Waals surface area contributed by atoms with Crippen LogP contribution in [0, 0.1) is 0 Å². The molecule has 1 aliphatic rings. The normalized spacial score (nSPS) is 14.1. The highest BCUT2D eigenvalue weighted by atomic mass is 32.2. The summed E-state index contributed by atoms with van der Waals surface area (Å²) in [5.41, 5.74) is 2.16. The van der Waals surface area contributed by atoms with Gasteiger partial charge < -0.3 is 5.32 Å². The van der Waals surface area contributed by atoms with Crippen molar-refractivity contribution in [1.29, 1.82) is 0 Å². The van der Waals surface area contributed by atoms with Crippen LogP contribution >= 0.6 is 23.1 Å². The summed E-state index contributed by atoms with van der Waals surface area (Å²) in [6.07, 6.45) is 0. The Morgan fingerprint density at radius 3 is 3.19 bits per heavy atom. The van der Waals surface area contributed by atoms with Gasteiger partial charge in [-0.15, -0.1) is 0 Å². The fourth-order valence-electron chi connectivity index (χ4n) is 1.89. The second-order valence-corrected chi connectivity index (χ2v) is 6.10. The van der Waals surface area contributed by atoms with Crippen molar-refractivity contribution in [1.82, 2.24) is 0 Å². The minimum Gasteiger partial charge on any atom is -0.326 e. The monoisotopic (exact) mass is 251 g/mol. The van der Waals surface area contributed by atoms with E-state index in [4.69, 9.17) is 0 Å². The summed E-state index contributed by atoms with van der Waals surface area (Å²) < 4.78 is 4.96. The Morgan fingerprint density at radius 1 is 1.50 bits per heavy atom. The average molecular weight is 251 g/mol. The molecule has 2 heterocycles. The minimum absolute atomic E-state index is 0.0227. The Balaban J connectivity index is 2.09. The van der Waals surface area contributed by atoms with E-state index in [2.05, 4.69) is 16.0 Å². The van der Waals surface area contributed by atoms with Gasteiger partial charge in [0.15, 0.2) is 6.54 Å². The lowest BCUT2D eigenvalue weighted by Crippen LogP contribution is -2.30. The third-order valence-electron chi connectivity index (χ3n) is 2.53. The summed E-state index contributed by atoms with van der Waals surface area (Å²) in [4.78, 5) is 11.0. The summed E-state index contributed by atoms with van der Waals surface area (Å²) in [5.74, 6) is 1.15. The number of amides is 1. The van der Waals surface area contributed by atoms with E-state index in [-0.39, 0.29) is 5.91 Å². The molecule has 3 rings (SSSR count). The Hall–Kier alpha value is -1.07. The van der Waals surface area contributed by atoms with Crippen molar-refractivity contribution < 1.29 is 9.36 Å². The molecule has 1 amide bonds. The van der Waals surface area contributed by atoms with E-state index in [1.807, 2.05) is 23.9 Å². The van der Waals surface area contributed by atoms with Crippen LogP contribution < -0.4 is 9.88 Å². The largest absolute Gasteiger partial charge is 0.326 e. The molecule has 0 radical (unpaired) electrons. The summed E-state index contributed by atoms with van der Waals surface area (Å²) in [6.45, 7) is 2.63. The van der Waals surface area contributed by atoms with E-state index in [1.54, 1.807) is 11.3 Å². The molecule has 0 saturated carbocycles. The molecule has 0 saturated heterocycles. The van der Waals surface area contributed by atoms with Crippen molar-refractivity contribution in [2.45, 2.75) is 17.8 Å². The lowest BCUT2D eigenvalue weighted by Gasteiger charge is -1.99. The lowest BCUT2D eigenvalue weighted by atomic mass is 10.3. The van der Waals surface area contributed by atoms with Gasteiger partial charge in [-0.3, -0.25) is 4.79 Å². The number of carbonyl (C=O) groups is 1. The molecule has 0 atom stereocenters. The number of carbonyl (C=O) groups excluding carboxylic acids is 1. The van der Waals surface area contributed by atoms with E-state index in [0.717, 1.165) is 12.2 Å². The van der Waals surface area contributed by atoms with E-state index >= 15 is 0 Å². The fraction of sp³-hybridized carbons (Fsp3) is 0.273. The smallest absolute Gasteiger partial charge is 0.298 e. The molecular weight excluding hydrogens is 240 g/mol. The number of thiazole rings is 1. The van der Waals surface area contributed by atoms with Crippen LogP contribution in [-0.2, 0) is 11.3 Å². The van der Waals surface area contributed by atoms with Crippen LogP contribution in [0.3, 0.4) is 0 Å². The maximum atomic E-state index is 11.0. The van der Waals surface area contributed by atoms with E-state index < -0.39 is 0 Å². The predicted octanol–water partition coefficient (Wildman–Crippen LogP) is 2.25. The zero-order valence-electron chi connectivity index (χ0n) is 8.82. The molecule has 0 fully saturated rings. The number of fused-ring (bicyclic) bond motifs is 3. The number of nitrogens with zero attached hydrogens (tertiary/aromatic N) is 1. The Kier molecular flexibility index (Phi) is 2.37. The molecule has 1 N–H and O–H groups in total. The van der Waals surface area contributed by atoms with Crippen molar-refractivity contribution in [3.8, 4) is 0 Å². The van der Waals surface area contributed by atoms with Crippen molar-refractivity contribution in [2.75, 3.05) is 11.1 Å². The first-order chi connectivity index (χ1) is 7.74. The molecule has 3 nitrogen and oxygen atoms in total. The Labute approximate surface area is 101 Å². The predicted molar refractivity (Wildman–Crippen MR) is 67.0 cm³/mol. The maximum absolute atomic E-state index is 11.0. The second-order valence-electron chi connectivity index (χ2n) is 3.73. The zero-order valence-corrected chi connectivity index (χ0v) is 10.5. The fourth-order valence-corrected chi connectivity index (χ4v) is 4.40. The highest BCUT2D eigenvalue weighted by molar-refractivity contribution is 8.01. The van der Waals surface area contributed by atoms with Gasteiger partial charge in [0, 0.05) is 18.7 Å². The van der Waals surface area contributed by atoms with Crippen molar-refractivity contribution in [3.63, 3.8) is 0 Å². The van der Waals surface area contributed by atoms with E-state index in [0.29, 0.717) is 0 Å². The van der Waals surface area contributed by atoms with Gasteiger partial charge in [-0.25, -0.2) is 0 Å². The molecule has 0 aliphatic carbocycles. The maximum Gasteiger partial charge on any atom is 0.298 e. The lowest BCUT2D eigenvalue weighted by molar-refractivity contribution is -0.692. The molecule has 1 aromatic carbocycles. The first-order valence-corrected chi connectivity index (χ1v) is 6.91. The molecule has 16 heavy (non-hydrogen) atoms. The molecule has 0 bridgehead atoms. The number of anilines is 1. The highest BCUT2D eigenvalue weighted by Crippen LogP contribution is 2.32. The van der Waals surface area contributed by atoms with Crippen molar-refractivity contribution in [3.05, 3.63) is 18.2 Å². The Bertz CT molecular complexity index is 577. The molecule has 0 spiro atoms. The van der Waals surface area contributed by atoms with Crippen LogP contribution in [0.5, 0.6) is 0 Å². The summed E-state index contributed by atoms with van der Waals surface area (Å²) in [5, 5.41) is 2.81. The number of aryl methyl sites for hydroxylation is 1. The van der Waals surface area contributed by atoms with Crippen LogP contribution in [0.4, 0.5) is 5.69 Å². The van der Waals surface area contributed by atoms with Gasteiger partial charge in [0.1, 0.15) is 4.70 Å². The molecular formula is C11H11N2OS2+. The van der Waals surface area contributed by atoms with Crippen LogP contribution in [0.1, 0.15) is 6.92 Å². The average Bonchev–Trinajstić information content (AvgIpc) is 2.75. The highest BCUT2D eigenvalue weighted by Gasteiger charge is 2.26. The van der Waals surface area contributed by atoms with Gasteiger partial charge in [0.2, 0.25) is 11.4 Å². The SMILES string of the molecule is CC(=O)Nc1ccc2c(c1)sc1[n+]2CCS1. The van der Waals surface area contributed by atoms with Gasteiger partial charge in [0.25, 0.3) is 4.34 Å². The minimum atomic E-state index is -0.0227. The third-order valence-corrected chi connectivity index (χ3v) is 4.93. The number of rotatable bonds is 1. The van der Waals surface area contributed by atoms with Crippen LogP contribution in [0.15, 0.2) is 22.5 Å². The van der Waals surface area contributed by atoms with Gasteiger partial charge in [-0.05, 0) is 23.9 Å². The molecule has 2 aromatic rings. The van der Waals surface area contributed by atoms with Gasteiger partial charge in [-0.1, -0.05) is 11.3 Å². The Morgan fingerprint density at radius 2 is 2.38 bits per heavy atom. The van der Waals surface area contributed by atoms with E-state index in [9.17, 15) is 4.79 Å². The summed E-state index contributed by atoms with van der Waals surface area (Å²) in [6, 6.07) is 6.10. The molecule has 0 unspecified atom stereocenters. The van der Waals surface area contributed by atoms with Crippen LogP contribution in [0.25, 0.3) is 10.2 Å². The van der Waals surface area contributed by atoms with E-state index in [1.165, 1.54) is 27.2 Å². The molecule has 5 heteroatoms. The first-order valence-electron chi connectivity index (χ1n) is 5.11. The number of benzene rings is 1. The molecule has 82 valence electrons. The standard InChI is InChI=1S/C11H10N2OS2/c1-7(14)12-8-2-3-9-10(6-8)16-11-13(9)4-5-15-11/h2-3,6H,4-5H2,1H3/p+1.